The van der Waals surface area contributed by atoms with E-state index < -0.39 is 0 Å². The molecule has 6 nitrogen and oxygen atoms in total. The van der Waals surface area contributed by atoms with Gasteiger partial charge in [-0.25, -0.2) is 0 Å². The molecule has 0 spiro atoms. The molecule has 1 aliphatic rings. The van der Waals surface area contributed by atoms with Crippen molar-refractivity contribution in [2.45, 2.75) is 51.6 Å². The number of nitrogens with zero attached hydrogens (tertiary/aromatic N) is 2. The van der Waals surface area contributed by atoms with E-state index in [0.29, 0.717) is 18.3 Å². The average molecular weight is 252 g/mol. The molecular weight excluding hydrogens is 232 g/mol. The Balaban J connectivity index is 1.86. The lowest BCUT2D eigenvalue weighted by molar-refractivity contribution is -0.126. The number of aryl methyl sites for hydroxylation is 1. The Labute approximate surface area is 106 Å². The van der Waals surface area contributed by atoms with Crippen molar-refractivity contribution in [3.05, 3.63) is 11.7 Å². The predicted molar refractivity (Wildman–Crippen MR) is 65.4 cm³/mol. The monoisotopic (exact) mass is 252 g/mol. The molecule has 2 unspecified atom stereocenters. The quantitative estimate of drug-likeness (QED) is 0.779. The van der Waals surface area contributed by atoms with E-state index in [1.54, 1.807) is 6.92 Å². The van der Waals surface area contributed by atoms with Crippen LogP contribution in [0.3, 0.4) is 0 Å². The maximum absolute atomic E-state index is 12.1. The fourth-order valence-corrected chi connectivity index (χ4v) is 2.37. The number of hydrogen-bond acceptors (Lipinski definition) is 5. The molecule has 2 atom stereocenters. The molecule has 0 aromatic carbocycles. The van der Waals surface area contributed by atoms with Crippen LogP contribution in [0, 0.1) is 12.8 Å². The molecule has 6 heteroatoms. The second-order valence-electron chi connectivity index (χ2n) is 4.86. The van der Waals surface area contributed by atoms with Gasteiger partial charge in [0.1, 0.15) is 0 Å². The number of rotatable bonds is 3. The second kappa shape index (κ2) is 5.95. The molecule has 3 N–H and O–H groups in total. The molecule has 0 radical (unpaired) electrons. The highest BCUT2D eigenvalue weighted by Gasteiger charge is 2.26. The molecule has 1 aromatic rings. The summed E-state index contributed by atoms with van der Waals surface area (Å²) >= 11 is 0. The fourth-order valence-electron chi connectivity index (χ4n) is 2.37. The van der Waals surface area contributed by atoms with Gasteiger partial charge >= 0.3 is 0 Å². The van der Waals surface area contributed by atoms with Gasteiger partial charge in [-0.2, -0.15) is 4.98 Å². The first-order valence-electron chi connectivity index (χ1n) is 6.49. The van der Waals surface area contributed by atoms with Crippen LogP contribution in [0.1, 0.15) is 43.8 Å². The van der Waals surface area contributed by atoms with E-state index in [-0.39, 0.29) is 17.9 Å². The number of nitrogens with two attached hydrogens (primary N) is 1. The topological polar surface area (TPSA) is 94.0 Å². The molecule has 1 aromatic heterocycles. The molecule has 0 aliphatic heterocycles. The normalized spacial score (nSPS) is 24.6. The predicted octanol–water partition coefficient (Wildman–Crippen LogP) is 0.902. The van der Waals surface area contributed by atoms with Crippen LogP contribution in [0.2, 0.25) is 0 Å². The standard InChI is InChI=1S/C12H20N4O2/c1-8-15-11(16-18-8)7-14-12(17)9-5-3-2-4-6-10(9)13/h9-10H,2-7,13H2,1H3,(H,14,17). The van der Waals surface area contributed by atoms with E-state index in [0.717, 1.165) is 25.7 Å². The van der Waals surface area contributed by atoms with Crippen LogP contribution in [-0.2, 0) is 11.3 Å². The Hall–Kier alpha value is -1.43. The summed E-state index contributed by atoms with van der Waals surface area (Å²) in [4.78, 5) is 16.1. The lowest BCUT2D eigenvalue weighted by Crippen LogP contribution is -2.41. The number of carbonyl (C=O) groups excluding carboxylic acids is 1. The number of nitrogens with one attached hydrogen (secondary N) is 1. The van der Waals surface area contributed by atoms with Crippen molar-refractivity contribution in [1.82, 2.24) is 15.5 Å². The summed E-state index contributed by atoms with van der Waals surface area (Å²) in [6.07, 6.45) is 5.17. The molecular formula is C12H20N4O2. The highest BCUT2D eigenvalue weighted by atomic mass is 16.5. The lowest BCUT2D eigenvalue weighted by atomic mass is 9.94. The average Bonchev–Trinajstić information content (AvgIpc) is 2.64. The van der Waals surface area contributed by atoms with E-state index in [4.69, 9.17) is 10.3 Å². The molecule has 1 amide bonds. The molecule has 1 aliphatic carbocycles. The van der Waals surface area contributed by atoms with Crippen molar-refractivity contribution in [2.24, 2.45) is 11.7 Å². The summed E-state index contributed by atoms with van der Waals surface area (Å²) in [5.74, 6) is 0.931. The number of amides is 1. The first kappa shape index (κ1) is 13.0. The van der Waals surface area contributed by atoms with E-state index in [1.165, 1.54) is 6.42 Å². The van der Waals surface area contributed by atoms with Crippen molar-refractivity contribution >= 4 is 5.91 Å². The van der Waals surface area contributed by atoms with Crippen molar-refractivity contribution in [3.63, 3.8) is 0 Å². The van der Waals surface area contributed by atoms with Crippen molar-refractivity contribution < 1.29 is 9.32 Å². The van der Waals surface area contributed by atoms with E-state index >= 15 is 0 Å². The first-order chi connectivity index (χ1) is 8.66. The third kappa shape index (κ3) is 3.29. The van der Waals surface area contributed by atoms with E-state index in [1.807, 2.05) is 0 Å². The summed E-state index contributed by atoms with van der Waals surface area (Å²) < 4.78 is 4.85. The van der Waals surface area contributed by atoms with Gasteiger partial charge in [0, 0.05) is 13.0 Å². The van der Waals surface area contributed by atoms with Gasteiger partial charge in [0.25, 0.3) is 0 Å². The zero-order chi connectivity index (χ0) is 13.0. The third-order valence-electron chi connectivity index (χ3n) is 3.40. The summed E-state index contributed by atoms with van der Waals surface area (Å²) in [6.45, 7) is 2.03. The van der Waals surface area contributed by atoms with Crippen LogP contribution in [-0.4, -0.2) is 22.1 Å². The van der Waals surface area contributed by atoms with E-state index in [2.05, 4.69) is 15.5 Å². The second-order valence-corrected chi connectivity index (χ2v) is 4.86. The minimum Gasteiger partial charge on any atom is -0.348 e. The molecule has 0 bridgehead atoms. The van der Waals surface area contributed by atoms with Crippen LogP contribution in [0.4, 0.5) is 0 Å². The van der Waals surface area contributed by atoms with Crippen molar-refractivity contribution in [1.29, 1.82) is 0 Å². The molecule has 1 saturated carbocycles. The highest BCUT2D eigenvalue weighted by molar-refractivity contribution is 5.79. The Morgan fingerprint density at radius 1 is 1.44 bits per heavy atom. The number of carbonyl (C=O) groups is 1. The SMILES string of the molecule is Cc1nc(CNC(=O)C2CCCCCC2N)no1. The number of aromatic nitrogens is 2. The highest BCUT2D eigenvalue weighted by Crippen LogP contribution is 2.22. The molecule has 18 heavy (non-hydrogen) atoms. The molecule has 0 saturated heterocycles. The molecule has 1 fully saturated rings. The Kier molecular flexibility index (Phi) is 4.30. The van der Waals surface area contributed by atoms with Gasteiger partial charge in [0.15, 0.2) is 5.82 Å². The smallest absolute Gasteiger partial charge is 0.225 e. The Morgan fingerprint density at radius 3 is 2.94 bits per heavy atom. The summed E-state index contributed by atoms with van der Waals surface area (Å²) in [5.41, 5.74) is 6.04. The van der Waals surface area contributed by atoms with Gasteiger partial charge in [-0.15, -0.1) is 0 Å². The Bertz CT molecular complexity index is 405. The summed E-state index contributed by atoms with van der Waals surface area (Å²) in [7, 11) is 0. The zero-order valence-corrected chi connectivity index (χ0v) is 10.7. The molecule has 100 valence electrons. The van der Waals surface area contributed by atoms with Gasteiger partial charge in [-0.05, 0) is 12.8 Å². The van der Waals surface area contributed by atoms with Gasteiger partial charge in [-0.3, -0.25) is 4.79 Å². The van der Waals surface area contributed by atoms with Crippen molar-refractivity contribution in [3.8, 4) is 0 Å². The Morgan fingerprint density at radius 2 is 2.22 bits per heavy atom. The third-order valence-corrected chi connectivity index (χ3v) is 3.40. The minimum absolute atomic E-state index is 0.00635. The zero-order valence-electron chi connectivity index (χ0n) is 10.7. The van der Waals surface area contributed by atoms with Gasteiger partial charge in [-0.1, -0.05) is 24.4 Å². The van der Waals surface area contributed by atoms with Crippen LogP contribution in [0.15, 0.2) is 4.52 Å². The lowest BCUT2D eigenvalue weighted by Gasteiger charge is -2.19. The fraction of sp³-hybridized carbons (Fsp3) is 0.750. The van der Waals surface area contributed by atoms with Crippen LogP contribution >= 0.6 is 0 Å². The molecule has 1 heterocycles. The first-order valence-corrected chi connectivity index (χ1v) is 6.49. The number of hydrogen-bond donors (Lipinski definition) is 2. The van der Waals surface area contributed by atoms with Crippen LogP contribution < -0.4 is 11.1 Å². The minimum atomic E-state index is -0.0829. The van der Waals surface area contributed by atoms with Gasteiger partial charge in [0.05, 0.1) is 12.5 Å². The largest absolute Gasteiger partial charge is 0.348 e. The van der Waals surface area contributed by atoms with Crippen molar-refractivity contribution in [2.75, 3.05) is 0 Å². The van der Waals surface area contributed by atoms with Gasteiger partial charge < -0.3 is 15.6 Å². The molecule has 2 rings (SSSR count). The van der Waals surface area contributed by atoms with Crippen LogP contribution in [0.25, 0.3) is 0 Å². The maximum atomic E-state index is 12.1. The summed E-state index contributed by atoms with van der Waals surface area (Å²) in [5, 5.41) is 6.57. The van der Waals surface area contributed by atoms with Crippen LogP contribution in [0.5, 0.6) is 0 Å². The van der Waals surface area contributed by atoms with E-state index in [9.17, 15) is 4.79 Å². The van der Waals surface area contributed by atoms with Gasteiger partial charge in [0.2, 0.25) is 11.8 Å². The maximum Gasteiger partial charge on any atom is 0.225 e. The summed E-state index contributed by atoms with van der Waals surface area (Å²) in [6, 6.07) is -0.0282.